The highest BCUT2D eigenvalue weighted by atomic mass is 32.2. The number of allylic oxidation sites excluding steroid dienone is 2. The average molecular weight is 477 g/mol. The molecule has 1 aromatic rings. The monoisotopic (exact) mass is 476 g/mol. The van der Waals surface area contributed by atoms with Gasteiger partial charge in [-0.1, -0.05) is 25.5 Å². The first-order valence-corrected chi connectivity index (χ1v) is 13.5. The lowest BCUT2D eigenvalue weighted by atomic mass is 9.84. The normalized spacial score (nSPS) is 26.2. The van der Waals surface area contributed by atoms with Gasteiger partial charge in [-0.25, -0.2) is 8.42 Å². The molecule has 0 saturated heterocycles. The van der Waals surface area contributed by atoms with Crippen molar-refractivity contribution in [2.24, 2.45) is 11.8 Å². The van der Waals surface area contributed by atoms with Crippen LogP contribution in [0.2, 0.25) is 0 Å². The van der Waals surface area contributed by atoms with Gasteiger partial charge in [-0.3, -0.25) is 4.79 Å². The summed E-state index contributed by atoms with van der Waals surface area (Å²) in [6.45, 7) is 4.01. The van der Waals surface area contributed by atoms with Crippen molar-refractivity contribution in [1.82, 2.24) is 9.21 Å². The zero-order chi connectivity index (χ0) is 23.8. The van der Waals surface area contributed by atoms with Crippen LogP contribution in [0.5, 0.6) is 5.75 Å². The van der Waals surface area contributed by atoms with Crippen LogP contribution in [-0.2, 0) is 14.8 Å². The Morgan fingerprint density at radius 2 is 2.06 bits per heavy atom. The van der Waals surface area contributed by atoms with Gasteiger partial charge in [0.25, 0.3) is 0 Å². The molecule has 1 N–H and O–H groups in total. The number of benzene rings is 1. The molecule has 3 atom stereocenters. The third-order valence-corrected chi connectivity index (χ3v) is 9.38. The second-order valence-electron chi connectivity index (χ2n) is 9.87. The van der Waals surface area contributed by atoms with E-state index in [9.17, 15) is 18.3 Å². The lowest BCUT2D eigenvalue weighted by Gasteiger charge is -2.38. The predicted octanol–water partition coefficient (Wildman–Crippen LogP) is 3.28. The number of amides is 1. The van der Waals surface area contributed by atoms with Crippen LogP contribution in [0.3, 0.4) is 0 Å². The quantitative estimate of drug-likeness (QED) is 0.681. The van der Waals surface area contributed by atoms with E-state index < -0.39 is 16.1 Å². The van der Waals surface area contributed by atoms with Gasteiger partial charge < -0.3 is 14.7 Å². The van der Waals surface area contributed by atoms with Crippen molar-refractivity contribution in [2.75, 3.05) is 26.7 Å². The minimum absolute atomic E-state index is 0.0957. The van der Waals surface area contributed by atoms with E-state index in [4.69, 9.17) is 4.74 Å². The molecule has 1 aliphatic heterocycles. The van der Waals surface area contributed by atoms with Crippen molar-refractivity contribution < 1.29 is 23.1 Å². The Labute approximate surface area is 197 Å². The molecule has 2 aliphatic carbocycles. The number of aliphatic hydroxyl groups is 1. The van der Waals surface area contributed by atoms with E-state index in [1.807, 2.05) is 19.1 Å². The number of sulfonamides is 1. The Kier molecular flexibility index (Phi) is 7.17. The number of rotatable bonds is 6. The number of likely N-dealkylation sites (N-methyl/N-ethyl adjacent to an activating group) is 1. The Morgan fingerprint density at radius 1 is 1.30 bits per heavy atom. The van der Waals surface area contributed by atoms with Crippen molar-refractivity contribution in [3.05, 3.63) is 29.8 Å². The lowest BCUT2D eigenvalue weighted by molar-refractivity contribution is -0.138. The molecule has 33 heavy (non-hydrogen) atoms. The van der Waals surface area contributed by atoms with Gasteiger partial charge in [-0.15, -0.1) is 0 Å². The first-order valence-electron chi connectivity index (χ1n) is 12.1. The summed E-state index contributed by atoms with van der Waals surface area (Å²) >= 11 is 0. The third-order valence-electron chi connectivity index (χ3n) is 7.36. The summed E-state index contributed by atoms with van der Waals surface area (Å²) in [5, 5.41) is 9.78. The molecule has 0 aromatic heterocycles. The number of carbonyl (C=O) groups excluding carboxylic acids is 1. The fourth-order valence-electron chi connectivity index (χ4n) is 4.90. The maximum atomic E-state index is 13.6. The molecular formula is C25H36N2O5S. The Balaban J connectivity index is 1.71. The maximum absolute atomic E-state index is 13.6. The van der Waals surface area contributed by atoms with E-state index in [1.165, 1.54) is 9.88 Å². The van der Waals surface area contributed by atoms with Crippen LogP contribution >= 0.6 is 0 Å². The standard InChI is InChI=1S/C25H36N2O5S/c1-17-14-27(18(2)16-28)33(30,31)24-12-11-21(19-7-4-5-8-19)13-22(24)32-23(17)15-26(3)25(29)20-9-6-10-20/h7,11-13,17-18,20,23,28H,4-6,8-10,14-16H2,1-3H3/t17-,18-,23-/m0/s1. The van der Waals surface area contributed by atoms with Gasteiger partial charge in [0.2, 0.25) is 15.9 Å². The van der Waals surface area contributed by atoms with E-state index in [1.54, 1.807) is 24.9 Å². The highest BCUT2D eigenvalue weighted by molar-refractivity contribution is 7.89. The average Bonchev–Trinajstić information content (AvgIpc) is 3.29. The first kappa shape index (κ1) is 24.2. The summed E-state index contributed by atoms with van der Waals surface area (Å²) in [5.41, 5.74) is 2.19. The highest BCUT2D eigenvalue weighted by Crippen LogP contribution is 2.37. The molecule has 1 saturated carbocycles. The second kappa shape index (κ2) is 9.76. The van der Waals surface area contributed by atoms with Crippen molar-refractivity contribution in [3.8, 4) is 5.75 Å². The Hall–Kier alpha value is -1.90. The first-order chi connectivity index (χ1) is 15.7. The predicted molar refractivity (Wildman–Crippen MR) is 127 cm³/mol. The zero-order valence-electron chi connectivity index (χ0n) is 19.9. The molecule has 8 heteroatoms. The van der Waals surface area contributed by atoms with Gasteiger partial charge >= 0.3 is 0 Å². The van der Waals surface area contributed by atoms with E-state index >= 15 is 0 Å². The summed E-state index contributed by atoms with van der Waals surface area (Å²) in [6.07, 6.45) is 7.90. The van der Waals surface area contributed by atoms with Gasteiger partial charge in [0.1, 0.15) is 16.7 Å². The molecule has 0 radical (unpaired) electrons. The van der Waals surface area contributed by atoms with E-state index in [-0.39, 0.29) is 41.9 Å². The van der Waals surface area contributed by atoms with Crippen molar-refractivity contribution in [3.63, 3.8) is 0 Å². The highest BCUT2D eigenvalue weighted by Gasteiger charge is 2.39. The molecule has 1 heterocycles. The second-order valence-corrected chi connectivity index (χ2v) is 11.7. The van der Waals surface area contributed by atoms with Gasteiger partial charge in [0.05, 0.1) is 13.2 Å². The Bertz CT molecular complexity index is 1020. The van der Waals surface area contributed by atoms with Crippen LogP contribution in [0.1, 0.15) is 57.9 Å². The van der Waals surface area contributed by atoms with Crippen LogP contribution in [0, 0.1) is 11.8 Å². The van der Waals surface area contributed by atoms with E-state index in [0.29, 0.717) is 12.3 Å². The smallest absolute Gasteiger partial charge is 0.247 e. The van der Waals surface area contributed by atoms with Crippen LogP contribution < -0.4 is 4.74 Å². The van der Waals surface area contributed by atoms with Crippen LogP contribution in [0.4, 0.5) is 0 Å². The molecule has 4 rings (SSSR count). The van der Waals surface area contributed by atoms with Gasteiger partial charge in [-0.2, -0.15) is 4.31 Å². The van der Waals surface area contributed by atoms with Crippen molar-refractivity contribution >= 4 is 21.5 Å². The third kappa shape index (κ3) is 4.84. The summed E-state index contributed by atoms with van der Waals surface area (Å²) < 4.78 is 35.0. The number of fused-ring (bicyclic) bond motifs is 1. The van der Waals surface area contributed by atoms with Crippen LogP contribution in [-0.4, -0.2) is 67.5 Å². The van der Waals surface area contributed by atoms with E-state index in [2.05, 4.69) is 6.08 Å². The fraction of sp³-hybridized carbons (Fsp3) is 0.640. The molecule has 0 unspecified atom stereocenters. The molecule has 7 nitrogen and oxygen atoms in total. The van der Waals surface area contributed by atoms with Crippen LogP contribution in [0.25, 0.3) is 5.57 Å². The summed E-state index contributed by atoms with van der Waals surface area (Å²) in [7, 11) is -2.05. The molecule has 0 spiro atoms. The molecule has 1 fully saturated rings. The maximum Gasteiger partial charge on any atom is 0.247 e. The number of hydrogen-bond acceptors (Lipinski definition) is 5. The van der Waals surface area contributed by atoms with Crippen molar-refractivity contribution in [2.45, 2.75) is 69.4 Å². The number of carbonyl (C=O) groups is 1. The number of nitrogens with zero attached hydrogens (tertiary/aromatic N) is 2. The van der Waals surface area contributed by atoms with Crippen LogP contribution in [0.15, 0.2) is 29.2 Å². The van der Waals surface area contributed by atoms with Crippen molar-refractivity contribution in [1.29, 1.82) is 0 Å². The molecule has 1 amide bonds. The summed E-state index contributed by atoms with van der Waals surface area (Å²) in [4.78, 5) is 14.6. The molecule has 1 aromatic carbocycles. The fourth-order valence-corrected chi connectivity index (χ4v) is 6.73. The molecular weight excluding hydrogens is 440 g/mol. The Morgan fingerprint density at radius 3 is 2.67 bits per heavy atom. The zero-order valence-corrected chi connectivity index (χ0v) is 20.7. The molecule has 0 bridgehead atoms. The molecule has 182 valence electrons. The van der Waals surface area contributed by atoms with Gasteiger partial charge in [0, 0.05) is 31.5 Å². The number of hydrogen-bond donors (Lipinski definition) is 1. The lowest BCUT2D eigenvalue weighted by Crippen LogP contribution is -2.50. The minimum Gasteiger partial charge on any atom is -0.487 e. The van der Waals surface area contributed by atoms with Gasteiger partial charge in [-0.05, 0) is 62.3 Å². The minimum atomic E-state index is -3.86. The molecule has 3 aliphatic rings. The largest absolute Gasteiger partial charge is 0.487 e. The van der Waals surface area contributed by atoms with Gasteiger partial charge in [0.15, 0.2) is 0 Å². The van der Waals surface area contributed by atoms with E-state index in [0.717, 1.165) is 44.1 Å². The number of ether oxygens (including phenoxy) is 1. The topological polar surface area (TPSA) is 87.2 Å². The number of aliphatic hydroxyl groups excluding tert-OH is 1. The SMILES string of the molecule is C[C@H]1CN([C@@H](C)CO)S(=O)(=O)c2ccc(C3=CCCC3)cc2O[C@H]1CN(C)C(=O)C1CCC1. The summed E-state index contributed by atoms with van der Waals surface area (Å²) in [5.74, 6) is 0.389. The summed E-state index contributed by atoms with van der Waals surface area (Å²) in [6, 6.07) is 4.76.